The first-order valence-corrected chi connectivity index (χ1v) is 8.17. The van der Waals surface area contributed by atoms with Crippen LogP contribution in [-0.4, -0.2) is 81.7 Å². The smallest absolute Gasteiger partial charge is 0.338 e. The number of nitrogens with zero attached hydrogens (tertiary/aromatic N) is 4. The Morgan fingerprint density at radius 1 is 1.09 bits per heavy atom. The van der Waals surface area contributed by atoms with Crippen molar-refractivity contribution in [1.82, 2.24) is 19.4 Å². The fraction of sp³-hybridized carbons (Fsp3) is 0.727. The molecule has 126 valence electrons. The summed E-state index contributed by atoms with van der Waals surface area (Å²) in [5.41, 5.74) is 0. The Bertz CT molecular complexity index is 558. The predicted molar refractivity (Wildman–Crippen MR) is 76.8 cm³/mol. The second-order valence-corrected chi connectivity index (χ2v) is 6.18. The van der Waals surface area contributed by atoms with Crippen molar-refractivity contribution in [2.24, 2.45) is 0 Å². The molecule has 1 aromatic rings. The summed E-state index contributed by atoms with van der Waals surface area (Å²) >= 11 is 0. The fourth-order valence-electron chi connectivity index (χ4n) is 1.70. The molecular formula is C11H20N4O6S. The van der Waals surface area contributed by atoms with Crippen LogP contribution in [-0.2, 0) is 14.9 Å². The van der Waals surface area contributed by atoms with Crippen molar-refractivity contribution < 1.29 is 27.2 Å². The predicted octanol–water partition coefficient (Wildman–Crippen LogP) is -0.982. The molecule has 0 spiro atoms. The lowest BCUT2D eigenvalue weighted by molar-refractivity contribution is 0.0489. The number of likely N-dealkylation sites (N-methyl/N-ethyl adjacent to an activating group) is 1. The zero-order chi connectivity index (χ0) is 16.8. The van der Waals surface area contributed by atoms with E-state index in [9.17, 15) is 0 Å². The van der Waals surface area contributed by atoms with Gasteiger partial charge in [-0.3, -0.25) is 4.48 Å². The summed E-state index contributed by atoms with van der Waals surface area (Å²) in [6.07, 6.45) is 0.604. The van der Waals surface area contributed by atoms with Gasteiger partial charge in [-0.25, -0.2) is 8.42 Å². The highest BCUT2D eigenvalue weighted by atomic mass is 32.2. The van der Waals surface area contributed by atoms with Gasteiger partial charge in [-0.1, -0.05) is 0 Å². The molecule has 0 amide bonds. The average molecular weight is 336 g/mol. The Balaban J connectivity index is 0.000000422. The number of morpholine rings is 1. The number of methoxy groups -OCH3 is 2. The van der Waals surface area contributed by atoms with Gasteiger partial charge in [0.25, 0.3) is 0 Å². The molecule has 10 nitrogen and oxygen atoms in total. The molecule has 0 bridgehead atoms. The van der Waals surface area contributed by atoms with Gasteiger partial charge in [-0.2, -0.15) is 0 Å². The van der Waals surface area contributed by atoms with Crippen LogP contribution >= 0.6 is 0 Å². The minimum absolute atomic E-state index is 0.276. The monoisotopic (exact) mass is 336 g/mol. The lowest BCUT2D eigenvalue weighted by Crippen LogP contribution is -2.54. The molecule has 0 aliphatic carbocycles. The molecule has 1 aliphatic rings. The quantitative estimate of drug-likeness (QED) is 0.506. The first kappa shape index (κ1) is 18.5. The van der Waals surface area contributed by atoms with E-state index in [2.05, 4.69) is 22.0 Å². The maximum atomic E-state index is 9.08. The highest BCUT2D eigenvalue weighted by Gasteiger charge is 2.32. The van der Waals surface area contributed by atoms with E-state index >= 15 is 0 Å². The molecule has 0 aromatic carbocycles. The van der Waals surface area contributed by atoms with E-state index in [0.717, 1.165) is 13.1 Å². The van der Waals surface area contributed by atoms with E-state index in [-0.39, 0.29) is 12.0 Å². The molecule has 2 rings (SSSR count). The normalized spacial score (nSPS) is 17.1. The van der Waals surface area contributed by atoms with Gasteiger partial charge in [0.1, 0.15) is 13.1 Å². The van der Waals surface area contributed by atoms with Crippen LogP contribution in [0.1, 0.15) is 0 Å². The minimum Gasteiger partial charge on any atom is -0.748 e. The van der Waals surface area contributed by atoms with Crippen LogP contribution in [0.5, 0.6) is 12.0 Å². The molecule has 1 aromatic heterocycles. The van der Waals surface area contributed by atoms with Crippen molar-refractivity contribution in [3.8, 4) is 12.0 Å². The van der Waals surface area contributed by atoms with Gasteiger partial charge in [-0.05, 0) is 0 Å². The molecule has 0 N–H and O–H groups in total. The molecular weight excluding hydrogens is 316 g/mol. The number of hydrogen-bond donors (Lipinski definition) is 0. The molecule has 22 heavy (non-hydrogen) atoms. The summed E-state index contributed by atoms with van der Waals surface area (Å²) in [5, 5.41) is 0. The third-order valence-corrected chi connectivity index (χ3v) is 2.89. The number of rotatable bonds is 3. The summed E-state index contributed by atoms with van der Waals surface area (Å²) in [6.45, 7) is 3.06. The standard InChI is InChI=1S/C10H17N4O3.CH4O3S/c1-14(4-6-17-7-5-14)8-11-9(15-2)13-10(12-8)16-3;1-5(2,3)4/h4-7H2,1-3H3;1H3,(H,2,3,4)/q+1;/p-1. The van der Waals surface area contributed by atoms with Gasteiger partial charge in [0.15, 0.2) is 0 Å². The Hall–Kier alpha value is -1.56. The van der Waals surface area contributed by atoms with Crippen molar-refractivity contribution in [3.05, 3.63) is 0 Å². The SMILES string of the molecule is COc1nc(OC)nc([N+]2(C)CCOCC2)n1.CS(=O)(=O)[O-]. The molecule has 0 atom stereocenters. The van der Waals surface area contributed by atoms with Crippen LogP contribution in [0.3, 0.4) is 0 Å². The van der Waals surface area contributed by atoms with Crippen molar-refractivity contribution in [2.75, 3.05) is 53.8 Å². The maximum absolute atomic E-state index is 9.08. The third kappa shape index (κ3) is 6.05. The largest absolute Gasteiger partial charge is 0.748 e. The fourth-order valence-corrected chi connectivity index (χ4v) is 1.70. The average Bonchev–Trinajstić information content (AvgIpc) is 2.45. The van der Waals surface area contributed by atoms with Gasteiger partial charge in [0, 0.05) is 6.26 Å². The van der Waals surface area contributed by atoms with Crippen LogP contribution in [0.25, 0.3) is 0 Å². The molecule has 1 saturated heterocycles. The highest BCUT2D eigenvalue weighted by Crippen LogP contribution is 2.22. The molecule has 0 unspecified atom stereocenters. The molecule has 1 fully saturated rings. The van der Waals surface area contributed by atoms with Crippen molar-refractivity contribution in [3.63, 3.8) is 0 Å². The van der Waals surface area contributed by atoms with E-state index in [0.29, 0.717) is 29.9 Å². The Labute approximate surface area is 129 Å². The van der Waals surface area contributed by atoms with E-state index in [4.69, 9.17) is 27.2 Å². The lowest BCUT2D eigenvalue weighted by Gasteiger charge is -2.34. The summed E-state index contributed by atoms with van der Waals surface area (Å²) < 4.78 is 43.3. The Kier molecular flexibility index (Phi) is 6.41. The number of hydrogen-bond acceptors (Lipinski definition) is 9. The van der Waals surface area contributed by atoms with Gasteiger partial charge in [-0.15, -0.1) is 15.0 Å². The van der Waals surface area contributed by atoms with Crippen LogP contribution in [0.2, 0.25) is 0 Å². The van der Waals surface area contributed by atoms with Crippen molar-refractivity contribution in [1.29, 1.82) is 0 Å². The molecule has 2 heterocycles. The molecule has 0 radical (unpaired) electrons. The van der Waals surface area contributed by atoms with E-state index in [1.807, 2.05) is 0 Å². The second-order valence-electron chi connectivity index (χ2n) is 4.77. The summed E-state index contributed by atoms with van der Waals surface area (Å²) in [7, 11) is 1.20. The Morgan fingerprint density at radius 2 is 1.50 bits per heavy atom. The van der Waals surface area contributed by atoms with Gasteiger partial charge < -0.3 is 18.8 Å². The zero-order valence-corrected chi connectivity index (χ0v) is 13.8. The lowest BCUT2D eigenvalue weighted by atomic mass is 10.4. The molecule has 0 saturated carbocycles. The molecule has 11 heteroatoms. The molecule has 1 aliphatic heterocycles. The number of aromatic nitrogens is 3. The first-order valence-electron chi connectivity index (χ1n) is 6.36. The van der Waals surface area contributed by atoms with E-state index in [1.54, 1.807) is 0 Å². The van der Waals surface area contributed by atoms with Crippen LogP contribution in [0.15, 0.2) is 0 Å². The number of quaternary nitrogens is 1. The summed E-state index contributed by atoms with van der Waals surface area (Å²) in [5.74, 6) is 0.650. The van der Waals surface area contributed by atoms with Crippen LogP contribution < -0.4 is 14.0 Å². The van der Waals surface area contributed by atoms with Crippen molar-refractivity contribution in [2.45, 2.75) is 0 Å². The number of ether oxygens (including phenoxy) is 3. The minimum atomic E-state index is -3.92. The summed E-state index contributed by atoms with van der Waals surface area (Å²) in [4.78, 5) is 12.6. The van der Waals surface area contributed by atoms with Crippen LogP contribution in [0, 0.1) is 0 Å². The van der Waals surface area contributed by atoms with Gasteiger partial charge >= 0.3 is 18.0 Å². The first-order chi connectivity index (χ1) is 10.2. The van der Waals surface area contributed by atoms with E-state index in [1.165, 1.54) is 14.2 Å². The Morgan fingerprint density at radius 3 is 1.86 bits per heavy atom. The topological polar surface area (TPSA) is 124 Å². The van der Waals surface area contributed by atoms with Gasteiger partial charge in [0.05, 0.1) is 44.6 Å². The maximum Gasteiger partial charge on any atom is 0.338 e. The van der Waals surface area contributed by atoms with Crippen molar-refractivity contribution >= 4 is 16.1 Å². The van der Waals surface area contributed by atoms with Crippen LogP contribution in [0.4, 0.5) is 5.95 Å². The summed E-state index contributed by atoms with van der Waals surface area (Å²) in [6, 6.07) is 0.551. The second kappa shape index (κ2) is 7.63. The third-order valence-electron chi connectivity index (χ3n) is 2.89. The van der Waals surface area contributed by atoms with Gasteiger partial charge in [0.2, 0.25) is 0 Å². The van der Waals surface area contributed by atoms with E-state index < -0.39 is 10.1 Å². The zero-order valence-electron chi connectivity index (χ0n) is 13.0. The highest BCUT2D eigenvalue weighted by molar-refractivity contribution is 7.84.